The Morgan fingerprint density at radius 1 is 0.909 bits per heavy atom. The minimum absolute atomic E-state index is 0.145. The third-order valence-electron chi connectivity index (χ3n) is 7.50. The van der Waals surface area contributed by atoms with Crippen LogP contribution in [0.4, 0.5) is 10.5 Å². The van der Waals surface area contributed by atoms with E-state index in [1.165, 1.54) is 12.2 Å². The van der Waals surface area contributed by atoms with E-state index < -0.39 is 58.6 Å². The van der Waals surface area contributed by atoms with Crippen LogP contribution in [0.25, 0.3) is 0 Å². The summed E-state index contributed by atoms with van der Waals surface area (Å²) >= 11 is 0. The molecule has 44 heavy (non-hydrogen) atoms. The molecular formula is C32H48N6O6. The molecule has 1 aliphatic heterocycles. The summed E-state index contributed by atoms with van der Waals surface area (Å²) in [5.41, 5.74) is 4.83. The average molecular weight is 613 g/mol. The molecule has 1 aromatic carbocycles. The second-order valence-electron chi connectivity index (χ2n) is 12.8. The maximum Gasteiger partial charge on any atom is 0.312 e. The number of urea groups is 1. The Morgan fingerprint density at radius 2 is 1.50 bits per heavy atom. The first-order valence-electron chi connectivity index (χ1n) is 15.1. The Bertz CT molecular complexity index is 1240. The highest BCUT2D eigenvalue weighted by Gasteiger charge is 2.44. The van der Waals surface area contributed by atoms with Gasteiger partial charge >= 0.3 is 6.03 Å². The lowest BCUT2D eigenvalue weighted by atomic mass is 9.78. The number of nitrogens with two attached hydrogens (primary N) is 1. The summed E-state index contributed by atoms with van der Waals surface area (Å²) in [7, 11) is 0. The molecule has 0 spiro atoms. The number of nitrogens with zero attached hydrogens (tertiary/aromatic N) is 1. The Balaban J connectivity index is 2.16. The van der Waals surface area contributed by atoms with Crippen LogP contribution >= 0.6 is 0 Å². The van der Waals surface area contributed by atoms with Gasteiger partial charge in [0.05, 0.1) is 0 Å². The van der Waals surface area contributed by atoms with Crippen LogP contribution in [0.5, 0.6) is 0 Å². The number of rotatable bonds is 16. The highest BCUT2D eigenvalue weighted by molar-refractivity contribution is 6.13. The predicted molar refractivity (Wildman–Crippen MR) is 168 cm³/mol. The molecule has 2 rings (SSSR count). The number of imide groups is 1. The summed E-state index contributed by atoms with van der Waals surface area (Å²) in [5, 5.41) is 10.9. The first kappa shape index (κ1) is 36.0. The highest BCUT2D eigenvalue weighted by atomic mass is 16.2. The van der Waals surface area contributed by atoms with Gasteiger partial charge in [0.15, 0.2) is 0 Å². The zero-order valence-corrected chi connectivity index (χ0v) is 26.9. The van der Waals surface area contributed by atoms with Crippen molar-refractivity contribution in [2.24, 2.45) is 17.1 Å². The highest BCUT2D eigenvalue weighted by Crippen LogP contribution is 2.34. The number of carbonyl (C=O) groups is 6. The molecule has 242 valence electrons. The molecule has 0 saturated heterocycles. The monoisotopic (exact) mass is 612 g/mol. The van der Waals surface area contributed by atoms with Crippen LogP contribution in [-0.4, -0.2) is 64.6 Å². The van der Waals surface area contributed by atoms with E-state index in [2.05, 4.69) is 28.2 Å². The molecule has 0 saturated carbocycles. The van der Waals surface area contributed by atoms with Crippen molar-refractivity contribution in [1.29, 1.82) is 0 Å². The van der Waals surface area contributed by atoms with E-state index in [1.54, 1.807) is 53.7 Å². The van der Waals surface area contributed by atoms with Crippen molar-refractivity contribution in [3.8, 4) is 0 Å². The van der Waals surface area contributed by atoms with E-state index in [-0.39, 0.29) is 25.3 Å². The van der Waals surface area contributed by atoms with Crippen LogP contribution in [0.3, 0.4) is 0 Å². The molecule has 1 aromatic rings. The zero-order chi connectivity index (χ0) is 33.2. The topological polar surface area (TPSA) is 180 Å². The van der Waals surface area contributed by atoms with Gasteiger partial charge in [-0.25, -0.2) is 4.79 Å². The second-order valence-corrected chi connectivity index (χ2v) is 12.8. The van der Waals surface area contributed by atoms with Crippen molar-refractivity contribution in [3.63, 3.8) is 0 Å². The summed E-state index contributed by atoms with van der Waals surface area (Å²) in [4.78, 5) is 77.2. The van der Waals surface area contributed by atoms with E-state index >= 15 is 0 Å². The van der Waals surface area contributed by atoms with Gasteiger partial charge in [-0.3, -0.25) is 28.9 Å². The standard InChI is InChI=1S/C32H48N6O6/c1-8-10-21-12-14-22(15-13-21)35-27(41)23(11-9-18-34-30(33)44)36-28(42)26(20(2)3)37-29(43)31(4,5)19-32(6,7)38-24(39)16-17-25(38)40/h12-17,20,23,26H,8-11,18-19H2,1-7H3,(H,35,41)(H,36,42)(H,37,43)(H3,33,34,44)/t23-,26-/m0/s1. The molecule has 1 aliphatic rings. The molecule has 0 aliphatic carbocycles. The van der Waals surface area contributed by atoms with Gasteiger partial charge in [0.2, 0.25) is 17.7 Å². The van der Waals surface area contributed by atoms with Crippen molar-refractivity contribution in [3.05, 3.63) is 42.0 Å². The Morgan fingerprint density at radius 3 is 2.02 bits per heavy atom. The molecule has 12 nitrogen and oxygen atoms in total. The molecule has 0 fully saturated rings. The van der Waals surface area contributed by atoms with Crippen LogP contribution in [0.1, 0.15) is 79.7 Å². The summed E-state index contributed by atoms with van der Waals surface area (Å²) in [5.74, 6) is -2.64. The van der Waals surface area contributed by atoms with Crippen LogP contribution in [0.15, 0.2) is 36.4 Å². The lowest BCUT2D eigenvalue weighted by Crippen LogP contribution is -2.57. The lowest BCUT2D eigenvalue weighted by molar-refractivity contribution is -0.146. The van der Waals surface area contributed by atoms with Crippen LogP contribution < -0.4 is 27.0 Å². The Kier molecular flexibility index (Phi) is 12.7. The SMILES string of the molecule is CCCc1ccc(NC(=O)[C@H](CCCNC(N)=O)NC(=O)[C@@H](NC(=O)C(C)(C)CC(C)(C)N2C(=O)C=CC2=O)C(C)C)cc1. The number of benzene rings is 1. The number of primary amides is 1. The van der Waals surface area contributed by atoms with Gasteiger partial charge in [-0.05, 0) is 63.1 Å². The number of hydrogen-bond acceptors (Lipinski definition) is 6. The number of hydrogen-bond donors (Lipinski definition) is 5. The van der Waals surface area contributed by atoms with Crippen LogP contribution in [-0.2, 0) is 30.4 Å². The quantitative estimate of drug-likeness (QED) is 0.141. The first-order valence-corrected chi connectivity index (χ1v) is 15.1. The Labute approximate surface area is 259 Å². The molecule has 0 unspecified atom stereocenters. The number of aryl methyl sites for hydroxylation is 1. The fourth-order valence-corrected chi connectivity index (χ4v) is 5.43. The fourth-order valence-electron chi connectivity index (χ4n) is 5.43. The number of anilines is 1. The van der Waals surface area contributed by atoms with Crippen molar-refractivity contribution in [2.75, 3.05) is 11.9 Å². The van der Waals surface area contributed by atoms with E-state index in [4.69, 9.17) is 5.73 Å². The van der Waals surface area contributed by atoms with Gasteiger partial charge in [-0.2, -0.15) is 0 Å². The smallest absolute Gasteiger partial charge is 0.312 e. The third-order valence-corrected chi connectivity index (χ3v) is 7.50. The first-order chi connectivity index (χ1) is 20.5. The molecule has 0 radical (unpaired) electrons. The molecule has 1 heterocycles. The fraction of sp³-hybridized carbons (Fsp3) is 0.562. The summed E-state index contributed by atoms with van der Waals surface area (Å²) in [6, 6.07) is 4.84. The number of nitrogens with one attached hydrogen (secondary N) is 4. The third kappa shape index (κ3) is 10.2. The van der Waals surface area contributed by atoms with E-state index in [1.807, 2.05) is 12.1 Å². The van der Waals surface area contributed by atoms with Gasteiger partial charge in [0.1, 0.15) is 12.1 Å². The van der Waals surface area contributed by atoms with Gasteiger partial charge < -0.3 is 27.0 Å². The van der Waals surface area contributed by atoms with Crippen LogP contribution in [0, 0.1) is 11.3 Å². The molecule has 0 aromatic heterocycles. The van der Waals surface area contributed by atoms with Crippen molar-refractivity contribution >= 4 is 41.3 Å². The summed E-state index contributed by atoms with van der Waals surface area (Å²) in [6.07, 6.45) is 5.03. The summed E-state index contributed by atoms with van der Waals surface area (Å²) in [6.45, 7) is 12.7. The molecule has 2 atom stereocenters. The van der Waals surface area contributed by atoms with Gasteiger partial charge in [-0.1, -0.05) is 53.2 Å². The minimum Gasteiger partial charge on any atom is -0.352 e. The van der Waals surface area contributed by atoms with Gasteiger partial charge in [-0.15, -0.1) is 0 Å². The number of amides is 7. The predicted octanol–water partition coefficient (Wildman–Crippen LogP) is 2.77. The van der Waals surface area contributed by atoms with Gasteiger partial charge in [0.25, 0.3) is 11.8 Å². The normalized spacial score (nSPS) is 14.8. The van der Waals surface area contributed by atoms with E-state index in [9.17, 15) is 28.8 Å². The molecule has 0 bridgehead atoms. The van der Waals surface area contributed by atoms with Crippen molar-refractivity contribution in [1.82, 2.24) is 20.9 Å². The largest absolute Gasteiger partial charge is 0.352 e. The summed E-state index contributed by atoms with van der Waals surface area (Å²) < 4.78 is 0. The molecule has 7 amide bonds. The van der Waals surface area contributed by atoms with Gasteiger partial charge in [0, 0.05) is 35.3 Å². The number of carbonyl (C=O) groups excluding carboxylic acids is 6. The Hall–Kier alpha value is -4.22. The average Bonchev–Trinajstić information content (AvgIpc) is 3.27. The van der Waals surface area contributed by atoms with Crippen molar-refractivity contribution < 1.29 is 28.8 Å². The molecular weight excluding hydrogens is 564 g/mol. The zero-order valence-electron chi connectivity index (χ0n) is 26.9. The maximum absolute atomic E-state index is 13.6. The lowest BCUT2D eigenvalue weighted by Gasteiger charge is -2.40. The second kappa shape index (κ2) is 15.5. The maximum atomic E-state index is 13.6. The van der Waals surface area contributed by atoms with Crippen molar-refractivity contribution in [2.45, 2.75) is 98.2 Å². The minimum atomic E-state index is -1.07. The van der Waals surface area contributed by atoms with E-state index in [0.29, 0.717) is 12.1 Å². The molecule has 6 N–H and O–H groups in total. The molecule has 12 heteroatoms. The van der Waals surface area contributed by atoms with Crippen LogP contribution in [0.2, 0.25) is 0 Å². The van der Waals surface area contributed by atoms with E-state index in [0.717, 1.165) is 23.3 Å².